The molecule has 0 aromatic carbocycles. The van der Waals surface area contributed by atoms with Gasteiger partial charge >= 0.3 is 0 Å². The molecule has 1 aliphatic carbocycles. The van der Waals surface area contributed by atoms with Crippen molar-refractivity contribution in [3.05, 3.63) is 22.8 Å². The number of nitrogens with one attached hydrogen (secondary N) is 1. The van der Waals surface area contributed by atoms with Gasteiger partial charge in [0, 0.05) is 11.7 Å². The molecule has 0 amide bonds. The first-order valence-corrected chi connectivity index (χ1v) is 5.35. The molecule has 78 valence electrons. The Morgan fingerprint density at radius 1 is 1.60 bits per heavy atom. The number of anilines is 1. The molecule has 0 atom stereocenters. The van der Waals surface area contributed by atoms with E-state index in [0.29, 0.717) is 16.4 Å². The van der Waals surface area contributed by atoms with Crippen LogP contribution in [0.5, 0.6) is 0 Å². The highest BCUT2D eigenvalue weighted by Gasteiger charge is 2.32. The summed E-state index contributed by atoms with van der Waals surface area (Å²) in [7, 11) is 0. The van der Waals surface area contributed by atoms with Crippen molar-refractivity contribution in [3.8, 4) is 6.07 Å². The maximum atomic E-state index is 8.82. The van der Waals surface area contributed by atoms with Crippen molar-refractivity contribution < 1.29 is 0 Å². The number of halogens is 1. The first kappa shape index (κ1) is 10.3. The van der Waals surface area contributed by atoms with Gasteiger partial charge in [-0.2, -0.15) is 5.26 Å². The third-order valence-electron chi connectivity index (χ3n) is 2.89. The second-order valence-corrected chi connectivity index (χ2v) is 4.55. The molecule has 0 spiro atoms. The fourth-order valence-corrected chi connectivity index (χ4v) is 1.94. The lowest BCUT2D eigenvalue weighted by Crippen LogP contribution is -2.42. The van der Waals surface area contributed by atoms with E-state index in [9.17, 15) is 0 Å². The summed E-state index contributed by atoms with van der Waals surface area (Å²) >= 11 is 6.05. The number of hydrogen-bond donors (Lipinski definition) is 1. The molecule has 1 aromatic rings. The van der Waals surface area contributed by atoms with Gasteiger partial charge in [-0.15, -0.1) is 0 Å². The van der Waals surface area contributed by atoms with E-state index in [4.69, 9.17) is 16.9 Å². The third-order valence-corrected chi connectivity index (χ3v) is 3.27. The quantitative estimate of drug-likeness (QED) is 0.835. The molecule has 0 bridgehead atoms. The Kier molecular flexibility index (Phi) is 2.54. The standard InChI is InChI=1S/C11H12ClN3/c1-11(4-2-5-11)15-10-9(12)8(7-13)3-6-14-10/h3,6H,2,4-5H2,1H3,(H,14,15). The Hall–Kier alpha value is -1.27. The Labute approximate surface area is 94.1 Å². The number of nitriles is 1. The van der Waals surface area contributed by atoms with Crippen molar-refractivity contribution in [2.24, 2.45) is 0 Å². The van der Waals surface area contributed by atoms with E-state index >= 15 is 0 Å². The Balaban J connectivity index is 2.25. The molecular formula is C11H12ClN3. The predicted octanol–water partition coefficient (Wildman–Crippen LogP) is 2.96. The largest absolute Gasteiger partial charge is 0.364 e. The van der Waals surface area contributed by atoms with Crippen molar-refractivity contribution >= 4 is 17.4 Å². The number of aromatic nitrogens is 1. The predicted molar refractivity (Wildman–Crippen MR) is 59.8 cm³/mol. The van der Waals surface area contributed by atoms with Crippen LogP contribution in [0.2, 0.25) is 5.02 Å². The van der Waals surface area contributed by atoms with Crippen molar-refractivity contribution in [3.63, 3.8) is 0 Å². The van der Waals surface area contributed by atoms with Crippen LogP contribution in [0.1, 0.15) is 31.7 Å². The average Bonchev–Trinajstić information content (AvgIpc) is 2.19. The van der Waals surface area contributed by atoms with E-state index < -0.39 is 0 Å². The van der Waals surface area contributed by atoms with Crippen LogP contribution in [-0.2, 0) is 0 Å². The second kappa shape index (κ2) is 3.71. The Morgan fingerprint density at radius 2 is 2.33 bits per heavy atom. The van der Waals surface area contributed by atoms with Gasteiger partial charge in [-0.3, -0.25) is 0 Å². The van der Waals surface area contributed by atoms with Crippen LogP contribution in [0.15, 0.2) is 12.3 Å². The van der Waals surface area contributed by atoms with Gasteiger partial charge in [0.05, 0.1) is 5.56 Å². The maximum absolute atomic E-state index is 8.82. The van der Waals surface area contributed by atoms with E-state index in [-0.39, 0.29) is 5.54 Å². The summed E-state index contributed by atoms with van der Waals surface area (Å²) in [5.41, 5.74) is 0.571. The molecule has 0 aliphatic heterocycles. The highest BCUT2D eigenvalue weighted by molar-refractivity contribution is 6.34. The van der Waals surface area contributed by atoms with Gasteiger partial charge in [-0.05, 0) is 32.3 Å². The van der Waals surface area contributed by atoms with Crippen molar-refractivity contribution in [2.75, 3.05) is 5.32 Å². The van der Waals surface area contributed by atoms with Crippen LogP contribution in [0.25, 0.3) is 0 Å². The van der Waals surface area contributed by atoms with Gasteiger partial charge in [0.1, 0.15) is 16.9 Å². The zero-order valence-electron chi connectivity index (χ0n) is 8.55. The average molecular weight is 222 g/mol. The van der Waals surface area contributed by atoms with Gasteiger partial charge in [0.15, 0.2) is 0 Å². The van der Waals surface area contributed by atoms with Gasteiger partial charge in [0.25, 0.3) is 0 Å². The molecule has 1 heterocycles. The van der Waals surface area contributed by atoms with Crippen LogP contribution in [0, 0.1) is 11.3 Å². The second-order valence-electron chi connectivity index (χ2n) is 4.17. The van der Waals surface area contributed by atoms with E-state index in [2.05, 4.69) is 17.2 Å². The molecule has 0 saturated heterocycles. The van der Waals surface area contributed by atoms with Crippen LogP contribution >= 0.6 is 11.6 Å². The fourth-order valence-electron chi connectivity index (χ4n) is 1.74. The zero-order valence-corrected chi connectivity index (χ0v) is 9.30. The van der Waals surface area contributed by atoms with Crippen LogP contribution in [0.4, 0.5) is 5.82 Å². The topological polar surface area (TPSA) is 48.7 Å². The van der Waals surface area contributed by atoms with E-state index in [1.807, 2.05) is 6.07 Å². The van der Waals surface area contributed by atoms with E-state index in [0.717, 1.165) is 12.8 Å². The molecule has 1 aromatic heterocycles. The van der Waals surface area contributed by atoms with Crippen LogP contribution in [-0.4, -0.2) is 10.5 Å². The molecule has 2 rings (SSSR count). The monoisotopic (exact) mass is 221 g/mol. The Morgan fingerprint density at radius 3 is 2.87 bits per heavy atom. The van der Waals surface area contributed by atoms with Crippen LogP contribution in [0.3, 0.4) is 0 Å². The summed E-state index contributed by atoms with van der Waals surface area (Å²) in [6.07, 6.45) is 5.09. The molecule has 1 N–H and O–H groups in total. The normalized spacial score (nSPS) is 17.7. The minimum Gasteiger partial charge on any atom is -0.364 e. The van der Waals surface area contributed by atoms with Crippen LogP contribution < -0.4 is 5.32 Å². The summed E-state index contributed by atoms with van der Waals surface area (Å²) in [5, 5.41) is 12.6. The van der Waals surface area contributed by atoms with Crippen molar-refractivity contribution in [1.29, 1.82) is 5.26 Å². The zero-order chi connectivity index (χ0) is 10.9. The lowest BCUT2D eigenvalue weighted by Gasteiger charge is -2.39. The minimum atomic E-state index is 0.102. The Bertz CT molecular complexity index is 418. The highest BCUT2D eigenvalue weighted by Crippen LogP contribution is 2.36. The molecule has 1 saturated carbocycles. The molecule has 4 heteroatoms. The summed E-state index contributed by atoms with van der Waals surface area (Å²) in [6, 6.07) is 3.67. The summed E-state index contributed by atoms with van der Waals surface area (Å²) in [6.45, 7) is 2.15. The van der Waals surface area contributed by atoms with Gasteiger partial charge < -0.3 is 5.32 Å². The molecule has 3 nitrogen and oxygen atoms in total. The smallest absolute Gasteiger partial charge is 0.146 e. The maximum Gasteiger partial charge on any atom is 0.146 e. The van der Waals surface area contributed by atoms with E-state index in [1.54, 1.807) is 12.3 Å². The fraction of sp³-hybridized carbons (Fsp3) is 0.455. The molecular weight excluding hydrogens is 210 g/mol. The lowest BCUT2D eigenvalue weighted by atomic mass is 9.78. The van der Waals surface area contributed by atoms with Crippen molar-refractivity contribution in [1.82, 2.24) is 4.98 Å². The van der Waals surface area contributed by atoms with Gasteiger partial charge in [-0.25, -0.2) is 4.98 Å². The molecule has 15 heavy (non-hydrogen) atoms. The molecule has 1 aliphatic rings. The highest BCUT2D eigenvalue weighted by atomic mass is 35.5. The first-order chi connectivity index (χ1) is 7.14. The lowest BCUT2D eigenvalue weighted by molar-refractivity contribution is 0.306. The summed E-state index contributed by atoms with van der Waals surface area (Å²) in [5.74, 6) is 0.623. The van der Waals surface area contributed by atoms with E-state index in [1.165, 1.54) is 6.42 Å². The number of rotatable bonds is 2. The third kappa shape index (κ3) is 1.91. The van der Waals surface area contributed by atoms with Gasteiger partial charge in [0.2, 0.25) is 0 Å². The minimum absolute atomic E-state index is 0.102. The summed E-state index contributed by atoms with van der Waals surface area (Å²) < 4.78 is 0. The van der Waals surface area contributed by atoms with Gasteiger partial charge in [-0.1, -0.05) is 11.6 Å². The van der Waals surface area contributed by atoms with Crippen molar-refractivity contribution in [2.45, 2.75) is 31.7 Å². The number of nitrogens with zero attached hydrogens (tertiary/aromatic N) is 2. The molecule has 0 radical (unpaired) electrons. The number of pyridine rings is 1. The first-order valence-electron chi connectivity index (χ1n) is 4.97. The SMILES string of the molecule is CC1(Nc2nccc(C#N)c2Cl)CCC1. The molecule has 0 unspecified atom stereocenters. The molecule has 1 fully saturated rings. The number of hydrogen-bond acceptors (Lipinski definition) is 3. The summed E-state index contributed by atoms with van der Waals surface area (Å²) in [4.78, 5) is 4.16.